The zero-order chi connectivity index (χ0) is 15.9. The number of amides is 1. The lowest BCUT2D eigenvalue weighted by Gasteiger charge is -2.31. The molecular weight excluding hydrogens is 284 g/mol. The Morgan fingerprint density at radius 1 is 1.45 bits per heavy atom. The lowest BCUT2D eigenvalue weighted by molar-refractivity contribution is 0.0983. The molecule has 1 aliphatic heterocycles. The molecule has 0 bridgehead atoms. The third-order valence-electron chi connectivity index (χ3n) is 3.35. The SMILES string of the molecule is CCOC(=O)N1CCC(Nc2nncc(NC(C)C)n2)CC1. The van der Waals surface area contributed by atoms with Gasteiger partial charge in [0.1, 0.15) is 0 Å². The Balaban J connectivity index is 1.84. The fourth-order valence-corrected chi connectivity index (χ4v) is 2.33. The first kappa shape index (κ1) is 16.3. The quantitative estimate of drug-likeness (QED) is 0.855. The highest BCUT2D eigenvalue weighted by molar-refractivity contribution is 5.67. The molecule has 8 heteroatoms. The van der Waals surface area contributed by atoms with Gasteiger partial charge in [-0.05, 0) is 33.6 Å². The van der Waals surface area contributed by atoms with Crippen LogP contribution in [0.2, 0.25) is 0 Å². The highest BCUT2D eigenvalue weighted by atomic mass is 16.6. The number of hydrogen-bond donors (Lipinski definition) is 2. The summed E-state index contributed by atoms with van der Waals surface area (Å²) in [6.45, 7) is 7.66. The van der Waals surface area contributed by atoms with Crippen LogP contribution < -0.4 is 10.6 Å². The standard InChI is InChI=1S/C14H24N6O2/c1-4-22-14(21)20-7-5-11(6-8-20)17-13-18-12(9-15-19-13)16-10(2)3/h9-11H,4-8H2,1-3H3,(H2,16,17,18,19). The number of hydrogen-bond acceptors (Lipinski definition) is 7. The average molecular weight is 308 g/mol. The Bertz CT molecular complexity index is 488. The third kappa shape index (κ3) is 4.71. The first-order valence-electron chi connectivity index (χ1n) is 7.73. The van der Waals surface area contributed by atoms with E-state index >= 15 is 0 Å². The Labute approximate surface area is 130 Å². The van der Waals surface area contributed by atoms with Crippen LogP contribution in [0.5, 0.6) is 0 Å². The highest BCUT2D eigenvalue weighted by Gasteiger charge is 2.24. The molecule has 2 N–H and O–H groups in total. The number of nitrogens with one attached hydrogen (secondary N) is 2. The number of nitrogens with zero attached hydrogens (tertiary/aromatic N) is 4. The molecule has 1 fully saturated rings. The minimum Gasteiger partial charge on any atom is -0.450 e. The van der Waals surface area contributed by atoms with Crippen molar-refractivity contribution in [2.45, 2.75) is 45.7 Å². The number of likely N-dealkylation sites (tertiary alicyclic amines) is 1. The maximum atomic E-state index is 11.7. The van der Waals surface area contributed by atoms with Crippen LogP contribution >= 0.6 is 0 Å². The second kappa shape index (κ2) is 7.77. The molecule has 1 aliphatic rings. The minimum absolute atomic E-state index is 0.234. The van der Waals surface area contributed by atoms with E-state index in [9.17, 15) is 4.79 Å². The number of rotatable bonds is 5. The van der Waals surface area contributed by atoms with Crippen LogP contribution in [-0.2, 0) is 4.74 Å². The summed E-state index contributed by atoms with van der Waals surface area (Å²) >= 11 is 0. The highest BCUT2D eigenvalue weighted by Crippen LogP contribution is 2.15. The Morgan fingerprint density at radius 3 is 2.82 bits per heavy atom. The number of piperidine rings is 1. The van der Waals surface area contributed by atoms with E-state index in [1.165, 1.54) is 0 Å². The van der Waals surface area contributed by atoms with Crippen molar-refractivity contribution in [3.05, 3.63) is 6.20 Å². The van der Waals surface area contributed by atoms with Crippen molar-refractivity contribution in [1.82, 2.24) is 20.1 Å². The normalized spacial score (nSPS) is 15.7. The van der Waals surface area contributed by atoms with Gasteiger partial charge in [-0.25, -0.2) is 4.79 Å². The number of anilines is 2. The molecule has 0 atom stereocenters. The van der Waals surface area contributed by atoms with Crippen molar-refractivity contribution in [1.29, 1.82) is 0 Å². The van der Waals surface area contributed by atoms with Crippen molar-refractivity contribution >= 4 is 17.9 Å². The van der Waals surface area contributed by atoms with Crippen LogP contribution in [-0.4, -0.2) is 58.0 Å². The number of carbonyl (C=O) groups excluding carboxylic acids is 1. The Morgan fingerprint density at radius 2 is 2.18 bits per heavy atom. The van der Waals surface area contributed by atoms with Gasteiger partial charge in [0, 0.05) is 25.2 Å². The van der Waals surface area contributed by atoms with Gasteiger partial charge >= 0.3 is 6.09 Å². The van der Waals surface area contributed by atoms with Crippen LogP contribution in [0.4, 0.5) is 16.6 Å². The zero-order valence-electron chi connectivity index (χ0n) is 13.4. The Hall–Kier alpha value is -2.12. The van der Waals surface area contributed by atoms with Crippen molar-refractivity contribution < 1.29 is 9.53 Å². The smallest absolute Gasteiger partial charge is 0.409 e. The maximum Gasteiger partial charge on any atom is 0.409 e. The minimum atomic E-state index is -0.234. The topological polar surface area (TPSA) is 92.3 Å². The molecule has 22 heavy (non-hydrogen) atoms. The maximum absolute atomic E-state index is 11.7. The second-order valence-electron chi connectivity index (χ2n) is 5.57. The lowest BCUT2D eigenvalue weighted by Crippen LogP contribution is -2.42. The summed E-state index contributed by atoms with van der Waals surface area (Å²) in [6, 6.07) is 0.527. The van der Waals surface area contributed by atoms with Gasteiger partial charge in [-0.1, -0.05) is 0 Å². The summed E-state index contributed by atoms with van der Waals surface area (Å²) < 4.78 is 5.01. The van der Waals surface area contributed by atoms with Gasteiger partial charge in [-0.2, -0.15) is 10.1 Å². The molecule has 0 radical (unpaired) electrons. The molecule has 0 saturated carbocycles. The molecule has 1 amide bonds. The lowest BCUT2D eigenvalue weighted by atomic mass is 10.1. The van der Waals surface area contributed by atoms with Crippen LogP contribution in [0, 0.1) is 0 Å². The predicted molar refractivity (Wildman–Crippen MR) is 83.8 cm³/mol. The van der Waals surface area contributed by atoms with Crippen LogP contribution in [0.1, 0.15) is 33.6 Å². The van der Waals surface area contributed by atoms with Gasteiger partial charge in [-0.15, -0.1) is 5.10 Å². The monoisotopic (exact) mass is 308 g/mol. The van der Waals surface area contributed by atoms with Gasteiger partial charge in [0.05, 0.1) is 12.8 Å². The van der Waals surface area contributed by atoms with Gasteiger partial charge in [0.15, 0.2) is 5.82 Å². The van der Waals surface area contributed by atoms with Crippen LogP contribution in [0.25, 0.3) is 0 Å². The van der Waals surface area contributed by atoms with Crippen molar-refractivity contribution in [3.63, 3.8) is 0 Å². The fourth-order valence-electron chi connectivity index (χ4n) is 2.33. The second-order valence-corrected chi connectivity index (χ2v) is 5.57. The van der Waals surface area contributed by atoms with Gasteiger partial charge in [-0.3, -0.25) is 0 Å². The van der Waals surface area contributed by atoms with E-state index in [-0.39, 0.29) is 18.2 Å². The first-order chi connectivity index (χ1) is 10.6. The molecule has 0 aliphatic carbocycles. The van der Waals surface area contributed by atoms with Crippen LogP contribution in [0.3, 0.4) is 0 Å². The van der Waals surface area contributed by atoms with E-state index < -0.39 is 0 Å². The van der Waals surface area contributed by atoms with E-state index in [2.05, 4.69) is 25.8 Å². The van der Waals surface area contributed by atoms with E-state index in [1.807, 2.05) is 20.8 Å². The molecule has 1 aromatic heterocycles. The largest absolute Gasteiger partial charge is 0.450 e. The molecule has 8 nitrogen and oxygen atoms in total. The first-order valence-corrected chi connectivity index (χ1v) is 7.73. The molecule has 2 rings (SSSR count). The number of aromatic nitrogens is 3. The molecular formula is C14H24N6O2. The number of carbonyl (C=O) groups is 1. The Kier molecular flexibility index (Phi) is 5.74. The summed E-state index contributed by atoms with van der Waals surface area (Å²) in [5, 5.41) is 14.4. The molecule has 0 spiro atoms. The third-order valence-corrected chi connectivity index (χ3v) is 3.35. The van der Waals surface area contributed by atoms with Crippen LogP contribution in [0.15, 0.2) is 6.20 Å². The molecule has 122 valence electrons. The van der Waals surface area contributed by atoms with Gasteiger partial charge < -0.3 is 20.3 Å². The molecule has 0 aromatic carbocycles. The summed E-state index contributed by atoms with van der Waals surface area (Å²) in [4.78, 5) is 17.8. The van der Waals surface area contributed by atoms with Crippen molar-refractivity contribution in [3.8, 4) is 0 Å². The summed E-state index contributed by atoms with van der Waals surface area (Å²) in [6.07, 6.45) is 3.05. The fraction of sp³-hybridized carbons (Fsp3) is 0.714. The predicted octanol–water partition coefficient (Wildman–Crippen LogP) is 1.72. The summed E-state index contributed by atoms with van der Waals surface area (Å²) in [5.74, 6) is 1.22. The summed E-state index contributed by atoms with van der Waals surface area (Å²) in [5.41, 5.74) is 0. The molecule has 1 aromatic rings. The van der Waals surface area contributed by atoms with E-state index in [0.717, 1.165) is 12.8 Å². The summed E-state index contributed by atoms with van der Waals surface area (Å²) in [7, 11) is 0. The number of ether oxygens (including phenoxy) is 1. The van der Waals surface area contributed by atoms with E-state index in [4.69, 9.17) is 4.74 Å². The molecule has 1 saturated heterocycles. The molecule has 2 heterocycles. The van der Waals surface area contributed by atoms with Crippen molar-refractivity contribution in [2.75, 3.05) is 30.3 Å². The molecule has 0 unspecified atom stereocenters. The van der Waals surface area contributed by atoms with E-state index in [1.54, 1.807) is 11.1 Å². The van der Waals surface area contributed by atoms with Crippen molar-refractivity contribution in [2.24, 2.45) is 0 Å². The average Bonchev–Trinajstić information content (AvgIpc) is 2.48. The van der Waals surface area contributed by atoms with Gasteiger partial charge in [0.2, 0.25) is 5.95 Å². The van der Waals surface area contributed by atoms with Gasteiger partial charge in [0.25, 0.3) is 0 Å². The zero-order valence-corrected chi connectivity index (χ0v) is 13.4. The van der Waals surface area contributed by atoms with E-state index in [0.29, 0.717) is 31.5 Å².